The zero-order chi connectivity index (χ0) is 35.3. The Labute approximate surface area is 289 Å². The monoisotopic (exact) mass is 687 g/mol. The van der Waals surface area contributed by atoms with Gasteiger partial charge in [0.15, 0.2) is 0 Å². The molecule has 0 radical (unpaired) electrons. The van der Waals surface area contributed by atoms with E-state index in [1.54, 1.807) is 42.6 Å². The Morgan fingerprint density at radius 1 is 1.04 bits per heavy atom. The number of likely N-dealkylation sites (N-methyl/N-ethyl adjacent to an activating group) is 1. The van der Waals surface area contributed by atoms with Crippen LogP contribution in [0, 0.1) is 19.3 Å². The highest BCUT2D eigenvalue weighted by Gasteiger charge is 2.30. The third kappa shape index (κ3) is 8.90. The lowest BCUT2D eigenvalue weighted by Crippen LogP contribution is -2.44. The number of amides is 1. The Hall–Kier alpha value is -4.62. The van der Waals surface area contributed by atoms with Crippen LogP contribution in [0.15, 0.2) is 65.8 Å². The van der Waals surface area contributed by atoms with Crippen molar-refractivity contribution in [1.82, 2.24) is 24.8 Å². The maximum Gasteiger partial charge on any atom is 0.264 e. The van der Waals surface area contributed by atoms with Gasteiger partial charge >= 0.3 is 0 Å². The molecule has 1 N–H and O–H groups in total. The number of aryl methyl sites for hydroxylation is 2. The largest absolute Gasteiger partial charge is 0.475 e. The Balaban J connectivity index is 1.63. The first-order valence-corrected chi connectivity index (χ1v) is 17.8. The second-order valence-corrected chi connectivity index (χ2v) is 15.3. The topological polar surface area (TPSA) is 140 Å². The molecule has 1 atom stereocenters. The third-order valence-electron chi connectivity index (χ3n) is 8.44. The van der Waals surface area contributed by atoms with Crippen LogP contribution in [0.1, 0.15) is 60.8 Å². The fraction of sp³-hybridized carbons (Fsp3) is 0.417. The second-order valence-electron chi connectivity index (χ2n) is 13.6. The molecule has 2 aromatic heterocycles. The molecule has 5 rings (SSSR count). The minimum Gasteiger partial charge on any atom is -0.475 e. The SMILES string of the molecule is COCCN(C)c1cncc(CN2C(=O)c3cccc(c3)S(=O)(=O)Nc3nc(cc(-c4c(C)cccc4C)n3)OC[C@H]2CCC(C)(C)C)n1. The van der Waals surface area contributed by atoms with Crippen molar-refractivity contribution in [2.24, 2.45) is 5.41 Å². The molecule has 1 aliphatic heterocycles. The molecule has 4 bridgehead atoms. The molecule has 1 amide bonds. The summed E-state index contributed by atoms with van der Waals surface area (Å²) in [4.78, 5) is 36.4. The molecule has 0 saturated carbocycles. The van der Waals surface area contributed by atoms with Gasteiger partial charge < -0.3 is 19.3 Å². The zero-order valence-electron chi connectivity index (χ0n) is 29.2. The van der Waals surface area contributed by atoms with Crippen molar-refractivity contribution in [3.63, 3.8) is 0 Å². The number of fused-ring (bicyclic) bond motifs is 4. The number of anilines is 2. The number of aromatic nitrogens is 4. The van der Waals surface area contributed by atoms with Gasteiger partial charge in [-0.3, -0.25) is 9.78 Å². The van der Waals surface area contributed by atoms with Crippen LogP contribution in [-0.4, -0.2) is 79.1 Å². The molecule has 1 aliphatic rings. The van der Waals surface area contributed by atoms with Crippen molar-refractivity contribution in [1.29, 1.82) is 0 Å². The molecule has 0 aliphatic carbocycles. The average molecular weight is 688 g/mol. The molecule has 0 unspecified atom stereocenters. The fourth-order valence-corrected chi connectivity index (χ4v) is 6.67. The van der Waals surface area contributed by atoms with Gasteiger partial charge in [-0.25, -0.2) is 23.1 Å². The zero-order valence-corrected chi connectivity index (χ0v) is 30.0. The number of sulfonamides is 1. The first-order chi connectivity index (χ1) is 23.2. The van der Waals surface area contributed by atoms with Gasteiger partial charge in [-0.15, -0.1) is 0 Å². The first-order valence-electron chi connectivity index (χ1n) is 16.3. The Morgan fingerprint density at radius 2 is 1.78 bits per heavy atom. The van der Waals surface area contributed by atoms with Crippen molar-refractivity contribution in [2.45, 2.75) is 64.9 Å². The van der Waals surface area contributed by atoms with E-state index in [0.29, 0.717) is 36.8 Å². The minimum absolute atomic E-state index is 0.0325. The van der Waals surface area contributed by atoms with E-state index >= 15 is 0 Å². The summed E-state index contributed by atoms with van der Waals surface area (Å²) in [6.07, 6.45) is 4.70. The molecular formula is C36H45N7O5S. The summed E-state index contributed by atoms with van der Waals surface area (Å²) in [7, 11) is -0.638. The van der Waals surface area contributed by atoms with Gasteiger partial charge in [-0.1, -0.05) is 45.0 Å². The number of methoxy groups -OCH3 is 1. The van der Waals surface area contributed by atoms with Crippen LogP contribution in [0.2, 0.25) is 0 Å². The van der Waals surface area contributed by atoms with Crippen molar-refractivity contribution in [3.05, 3.63) is 83.3 Å². The van der Waals surface area contributed by atoms with E-state index in [-0.39, 0.29) is 46.8 Å². The number of nitrogens with zero attached hydrogens (tertiary/aromatic N) is 6. The van der Waals surface area contributed by atoms with Crippen LogP contribution in [0.25, 0.3) is 11.3 Å². The van der Waals surface area contributed by atoms with Gasteiger partial charge in [0.2, 0.25) is 11.8 Å². The lowest BCUT2D eigenvalue weighted by atomic mass is 9.88. The average Bonchev–Trinajstić information content (AvgIpc) is 3.05. The quantitative estimate of drug-likeness (QED) is 0.234. The smallest absolute Gasteiger partial charge is 0.264 e. The molecule has 2 aromatic carbocycles. The number of ether oxygens (including phenoxy) is 2. The third-order valence-corrected chi connectivity index (χ3v) is 9.76. The van der Waals surface area contributed by atoms with Gasteiger partial charge in [-0.05, 0) is 61.4 Å². The summed E-state index contributed by atoms with van der Waals surface area (Å²) < 4.78 is 41.5. The van der Waals surface area contributed by atoms with E-state index < -0.39 is 16.1 Å². The highest BCUT2D eigenvalue weighted by Crippen LogP contribution is 2.31. The summed E-state index contributed by atoms with van der Waals surface area (Å²) in [5, 5.41) is 0. The van der Waals surface area contributed by atoms with Crippen LogP contribution >= 0.6 is 0 Å². The van der Waals surface area contributed by atoms with Gasteiger partial charge in [-0.2, -0.15) is 4.98 Å². The van der Waals surface area contributed by atoms with E-state index in [2.05, 4.69) is 40.4 Å². The molecule has 12 nitrogen and oxygen atoms in total. The van der Waals surface area contributed by atoms with Crippen LogP contribution in [0.3, 0.4) is 0 Å². The van der Waals surface area contributed by atoms with E-state index in [1.165, 1.54) is 12.1 Å². The molecule has 0 fully saturated rings. The Bertz CT molecular complexity index is 1890. The van der Waals surface area contributed by atoms with Gasteiger partial charge in [0.25, 0.3) is 15.9 Å². The molecule has 13 heteroatoms. The summed E-state index contributed by atoms with van der Waals surface area (Å²) in [6, 6.07) is 13.2. The van der Waals surface area contributed by atoms with E-state index in [4.69, 9.17) is 14.5 Å². The maximum absolute atomic E-state index is 14.5. The summed E-state index contributed by atoms with van der Waals surface area (Å²) >= 11 is 0. The van der Waals surface area contributed by atoms with Gasteiger partial charge in [0.1, 0.15) is 12.4 Å². The van der Waals surface area contributed by atoms with E-state index in [9.17, 15) is 13.2 Å². The standard InChI is InChI=1S/C36H45N7O5S/c1-24-10-8-11-25(2)33(24)30-19-32-40-35(39-30)41-49(45,46)29-13-9-12-26(18-29)34(44)43(28(23-48-32)14-15-36(3,4)5)22-27-20-37-21-31(38-27)42(6)16-17-47-7/h8-13,18-21,28H,14-17,22-23H2,1-7H3,(H,39,40,41)/t28-/m1/s1. The summed E-state index contributed by atoms with van der Waals surface area (Å²) in [5.41, 5.74) is 4.08. The van der Waals surface area contributed by atoms with Crippen molar-refractivity contribution in [2.75, 3.05) is 43.5 Å². The fourth-order valence-electron chi connectivity index (χ4n) is 5.68. The summed E-state index contributed by atoms with van der Waals surface area (Å²) in [5.74, 6) is 0.347. The predicted octanol–water partition coefficient (Wildman–Crippen LogP) is 5.66. The molecule has 49 heavy (non-hydrogen) atoms. The molecule has 3 heterocycles. The van der Waals surface area contributed by atoms with Crippen LogP contribution in [-0.2, 0) is 21.3 Å². The number of carbonyl (C=O) groups excluding carboxylic acids is 1. The van der Waals surface area contributed by atoms with Crippen molar-refractivity contribution < 1.29 is 22.7 Å². The van der Waals surface area contributed by atoms with Crippen molar-refractivity contribution in [3.8, 4) is 17.1 Å². The second kappa shape index (κ2) is 14.9. The molecule has 0 spiro atoms. The highest BCUT2D eigenvalue weighted by atomic mass is 32.2. The highest BCUT2D eigenvalue weighted by molar-refractivity contribution is 7.92. The van der Waals surface area contributed by atoms with E-state index in [0.717, 1.165) is 23.1 Å². The molecule has 0 saturated heterocycles. The number of hydrogen-bond acceptors (Lipinski definition) is 10. The maximum atomic E-state index is 14.5. The van der Waals surface area contributed by atoms with Gasteiger partial charge in [0, 0.05) is 37.9 Å². The van der Waals surface area contributed by atoms with Crippen molar-refractivity contribution >= 4 is 27.7 Å². The number of benzene rings is 2. The first kappa shape index (κ1) is 35.7. The predicted molar refractivity (Wildman–Crippen MR) is 189 cm³/mol. The number of rotatable bonds is 9. The lowest BCUT2D eigenvalue weighted by Gasteiger charge is -2.33. The number of hydrogen-bond donors (Lipinski definition) is 1. The number of nitrogens with one attached hydrogen (secondary N) is 1. The normalized spacial score (nSPS) is 16.1. The number of carbonyl (C=O) groups is 1. The Kier molecular flexibility index (Phi) is 10.8. The Morgan fingerprint density at radius 3 is 2.49 bits per heavy atom. The summed E-state index contributed by atoms with van der Waals surface area (Å²) in [6.45, 7) is 11.7. The minimum atomic E-state index is -4.18. The van der Waals surface area contributed by atoms with Gasteiger partial charge in [0.05, 0.1) is 47.9 Å². The van der Waals surface area contributed by atoms with Crippen LogP contribution < -0.4 is 14.4 Å². The molecule has 260 valence electrons. The van der Waals surface area contributed by atoms with Crippen LogP contribution in [0.5, 0.6) is 5.88 Å². The van der Waals surface area contributed by atoms with Crippen LogP contribution in [0.4, 0.5) is 11.8 Å². The lowest BCUT2D eigenvalue weighted by molar-refractivity contribution is 0.0549. The molecule has 4 aromatic rings. The van der Waals surface area contributed by atoms with E-state index in [1.807, 2.05) is 44.0 Å². The molecular weight excluding hydrogens is 643 g/mol.